The molecule has 0 spiro atoms. The molecule has 0 aliphatic carbocycles. The topological polar surface area (TPSA) is 63.3 Å². The van der Waals surface area contributed by atoms with Gasteiger partial charge in [0.1, 0.15) is 0 Å². The molecule has 1 aromatic heterocycles. The van der Waals surface area contributed by atoms with E-state index < -0.39 is 5.97 Å². The molecule has 5 heteroatoms. The van der Waals surface area contributed by atoms with E-state index >= 15 is 0 Å². The minimum atomic E-state index is -0.936. The van der Waals surface area contributed by atoms with Crippen molar-refractivity contribution in [1.82, 2.24) is 0 Å². The molecule has 1 heterocycles. The van der Waals surface area contributed by atoms with Crippen LogP contribution in [0, 0.1) is 0 Å². The Hall–Kier alpha value is -1.07. The predicted octanol–water partition coefficient (Wildman–Crippen LogP) is 2.94. The van der Waals surface area contributed by atoms with Crippen molar-refractivity contribution in [2.75, 3.05) is 5.73 Å². The number of rotatable bonds is 1. The summed E-state index contributed by atoms with van der Waals surface area (Å²) in [6.45, 7) is 0. The van der Waals surface area contributed by atoms with E-state index in [2.05, 4.69) is 15.9 Å². The number of aromatic carboxylic acids is 1. The second kappa shape index (κ2) is 3.25. The first-order valence-electron chi connectivity index (χ1n) is 3.81. The first-order valence-corrected chi connectivity index (χ1v) is 5.42. The third-order valence-corrected chi connectivity index (χ3v) is 3.84. The van der Waals surface area contributed by atoms with Crippen molar-refractivity contribution in [1.29, 1.82) is 0 Å². The quantitative estimate of drug-likeness (QED) is 0.784. The molecule has 3 nitrogen and oxygen atoms in total. The number of fused-ring (bicyclic) bond motifs is 1. The number of halogens is 1. The molecule has 3 N–H and O–H groups in total. The maximum atomic E-state index is 10.9. The normalized spacial score (nSPS) is 10.6. The second-order valence-electron chi connectivity index (χ2n) is 2.78. The molecule has 0 bridgehead atoms. The van der Waals surface area contributed by atoms with Gasteiger partial charge in [0.15, 0.2) is 0 Å². The summed E-state index contributed by atoms with van der Waals surface area (Å²) in [4.78, 5) is 10.9. The molecule has 72 valence electrons. The molecule has 0 unspecified atom stereocenters. The summed E-state index contributed by atoms with van der Waals surface area (Å²) < 4.78 is 1.43. The lowest BCUT2D eigenvalue weighted by Crippen LogP contribution is -1.95. The van der Waals surface area contributed by atoms with Crippen molar-refractivity contribution in [3.05, 3.63) is 27.5 Å². The SMILES string of the molecule is Nc1cccc2c(C(=O)O)c(Br)sc12. The average Bonchev–Trinajstić information content (AvgIpc) is 2.42. The second-order valence-corrected chi connectivity index (χ2v) is 5.12. The maximum absolute atomic E-state index is 10.9. The molecule has 0 saturated heterocycles. The largest absolute Gasteiger partial charge is 0.478 e. The van der Waals surface area contributed by atoms with Crippen LogP contribution >= 0.6 is 27.3 Å². The van der Waals surface area contributed by atoms with Crippen molar-refractivity contribution >= 4 is 49.0 Å². The van der Waals surface area contributed by atoms with Crippen LogP contribution in [0.15, 0.2) is 22.0 Å². The van der Waals surface area contributed by atoms with Crippen LogP contribution in [-0.4, -0.2) is 11.1 Å². The van der Waals surface area contributed by atoms with Gasteiger partial charge in [0.05, 0.1) is 14.0 Å². The van der Waals surface area contributed by atoms with Gasteiger partial charge in [0.2, 0.25) is 0 Å². The molecule has 0 fully saturated rings. The van der Waals surface area contributed by atoms with E-state index in [0.29, 0.717) is 14.9 Å². The molecule has 0 atom stereocenters. The number of anilines is 1. The summed E-state index contributed by atoms with van der Waals surface area (Å²) in [5, 5.41) is 9.67. The number of nitrogens with two attached hydrogens (primary N) is 1. The van der Waals surface area contributed by atoms with E-state index in [0.717, 1.165) is 4.70 Å². The molecule has 2 aromatic rings. The van der Waals surface area contributed by atoms with Crippen LogP contribution in [0.2, 0.25) is 0 Å². The number of hydrogen-bond donors (Lipinski definition) is 2. The number of carbonyl (C=O) groups is 1. The average molecular weight is 272 g/mol. The van der Waals surface area contributed by atoms with Crippen LogP contribution in [0.3, 0.4) is 0 Å². The van der Waals surface area contributed by atoms with Crippen LogP contribution < -0.4 is 5.73 Å². The molecule has 0 aliphatic heterocycles. The molecule has 0 radical (unpaired) electrons. The van der Waals surface area contributed by atoms with E-state index in [-0.39, 0.29) is 5.56 Å². The molecule has 0 amide bonds. The van der Waals surface area contributed by atoms with E-state index in [4.69, 9.17) is 10.8 Å². The smallest absolute Gasteiger partial charge is 0.338 e. The highest BCUT2D eigenvalue weighted by Gasteiger charge is 2.17. The fraction of sp³-hybridized carbons (Fsp3) is 0. The summed E-state index contributed by atoms with van der Waals surface area (Å²) in [6, 6.07) is 5.27. The standard InChI is InChI=1S/C9H6BrNO2S/c10-8-6(9(12)13)4-2-1-3-5(11)7(4)14-8/h1-3H,11H2,(H,12,13). The summed E-state index contributed by atoms with van der Waals surface area (Å²) >= 11 is 4.57. The summed E-state index contributed by atoms with van der Waals surface area (Å²) in [7, 11) is 0. The Morgan fingerprint density at radius 2 is 2.21 bits per heavy atom. The Kier molecular flexibility index (Phi) is 2.20. The van der Waals surface area contributed by atoms with E-state index in [1.54, 1.807) is 18.2 Å². The first-order chi connectivity index (χ1) is 6.61. The van der Waals surface area contributed by atoms with Crippen LogP contribution in [0.1, 0.15) is 10.4 Å². The lowest BCUT2D eigenvalue weighted by molar-refractivity contribution is 0.0698. The molecule has 14 heavy (non-hydrogen) atoms. The van der Waals surface area contributed by atoms with Gasteiger partial charge in [-0.1, -0.05) is 12.1 Å². The van der Waals surface area contributed by atoms with Gasteiger partial charge in [-0.3, -0.25) is 0 Å². The van der Waals surface area contributed by atoms with Crippen LogP contribution in [-0.2, 0) is 0 Å². The zero-order valence-corrected chi connectivity index (χ0v) is 9.35. The van der Waals surface area contributed by atoms with Crippen molar-refractivity contribution < 1.29 is 9.90 Å². The fourth-order valence-electron chi connectivity index (χ4n) is 1.31. The van der Waals surface area contributed by atoms with E-state index in [1.807, 2.05) is 0 Å². The summed E-state index contributed by atoms with van der Waals surface area (Å²) in [6.07, 6.45) is 0. The summed E-state index contributed by atoms with van der Waals surface area (Å²) in [5.41, 5.74) is 6.64. The minimum Gasteiger partial charge on any atom is -0.478 e. The number of nitrogen functional groups attached to an aromatic ring is 1. The number of benzene rings is 1. The highest BCUT2D eigenvalue weighted by atomic mass is 79.9. The number of thiophene rings is 1. The Morgan fingerprint density at radius 3 is 2.86 bits per heavy atom. The molecular formula is C9H6BrNO2S. The van der Waals surface area contributed by atoms with Crippen LogP contribution in [0.4, 0.5) is 5.69 Å². The Balaban J connectivity index is 2.90. The molecule has 1 aromatic carbocycles. The maximum Gasteiger partial charge on any atom is 0.338 e. The van der Waals surface area contributed by atoms with Crippen molar-refractivity contribution in [3.63, 3.8) is 0 Å². The number of carboxylic acid groups (broad SMARTS) is 1. The van der Waals surface area contributed by atoms with E-state index in [1.165, 1.54) is 11.3 Å². The molecule has 0 saturated carbocycles. The van der Waals surface area contributed by atoms with Crippen LogP contribution in [0.5, 0.6) is 0 Å². The highest BCUT2D eigenvalue weighted by Crippen LogP contribution is 2.38. The first kappa shape index (κ1) is 9.48. The van der Waals surface area contributed by atoms with Gasteiger partial charge in [-0.05, 0) is 22.0 Å². The van der Waals surface area contributed by atoms with Crippen molar-refractivity contribution in [2.24, 2.45) is 0 Å². The Bertz CT molecular complexity index is 521. The van der Waals surface area contributed by atoms with Crippen molar-refractivity contribution in [2.45, 2.75) is 0 Å². The monoisotopic (exact) mass is 271 g/mol. The number of carboxylic acids is 1. The van der Waals surface area contributed by atoms with Gasteiger partial charge in [-0.25, -0.2) is 4.79 Å². The Labute approximate surface area is 92.3 Å². The van der Waals surface area contributed by atoms with Gasteiger partial charge >= 0.3 is 5.97 Å². The molecular weight excluding hydrogens is 266 g/mol. The molecule has 2 rings (SSSR count). The zero-order valence-electron chi connectivity index (χ0n) is 6.95. The minimum absolute atomic E-state index is 0.289. The third kappa shape index (κ3) is 1.29. The zero-order chi connectivity index (χ0) is 10.3. The van der Waals surface area contributed by atoms with Crippen molar-refractivity contribution in [3.8, 4) is 0 Å². The fourth-order valence-corrected chi connectivity index (χ4v) is 3.12. The lowest BCUT2D eigenvalue weighted by atomic mass is 10.1. The number of hydrogen-bond acceptors (Lipinski definition) is 3. The molecule has 0 aliphatic rings. The van der Waals surface area contributed by atoms with Gasteiger partial charge in [0, 0.05) is 11.1 Å². The van der Waals surface area contributed by atoms with Gasteiger partial charge in [-0.2, -0.15) is 0 Å². The van der Waals surface area contributed by atoms with Crippen LogP contribution in [0.25, 0.3) is 10.1 Å². The predicted molar refractivity (Wildman–Crippen MR) is 60.9 cm³/mol. The summed E-state index contributed by atoms with van der Waals surface area (Å²) in [5.74, 6) is -0.936. The van der Waals surface area contributed by atoms with Gasteiger partial charge in [-0.15, -0.1) is 11.3 Å². The highest BCUT2D eigenvalue weighted by molar-refractivity contribution is 9.11. The third-order valence-electron chi connectivity index (χ3n) is 1.92. The Morgan fingerprint density at radius 1 is 1.50 bits per heavy atom. The van der Waals surface area contributed by atoms with E-state index in [9.17, 15) is 4.79 Å². The van der Waals surface area contributed by atoms with Gasteiger partial charge < -0.3 is 10.8 Å². The lowest BCUT2D eigenvalue weighted by Gasteiger charge is -1.95. The van der Waals surface area contributed by atoms with Gasteiger partial charge in [0.25, 0.3) is 0 Å².